The Morgan fingerprint density at radius 3 is 2.50 bits per heavy atom. The summed E-state index contributed by atoms with van der Waals surface area (Å²) in [5.41, 5.74) is 2.58. The van der Waals surface area contributed by atoms with E-state index >= 15 is 0 Å². The Hall–Kier alpha value is -2.05. The molecule has 1 aromatic heterocycles. The highest BCUT2D eigenvalue weighted by Crippen LogP contribution is 2.16. The zero-order valence-electron chi connectivity index (χ0n) is 9.97. The van der Waals surface area contributed by atoms with Crippen LogP contribution in [0.15, 0.2) is 42.6 Å². The molecule has 0 radical (unpaired) electrons. The molecular weight excluding hydrogens is 246 g/mol. The van der Waals surface area contributed by atoms with Gasteiger partial charge in [-0.1, -0.05) is 23.7 Å². The van der Waals surface area contributed by atoms with Gasteiger partial charge in [0.05, 0.1) is 11.9 Å². The molecule has 0 aliphatic rings. The number of nitrogens with zero attached hydrogens (tertiary/aromatic N) is 3. The number of nitriles is 1. The van der Waals surface area contributed by atoms with E-state index in [9.17, 15) is 0 Å². The third-order valence-electron chi connectivity index (χ3n) is 2.64. The van der Waals surface area contributed by atoms with E-state index in [0.717, 1.165) is 17.3 Å². The van der Waals surface area contributed by atoms with Crippen molar-refractivity contribution in [3.05, 3.63) is 58.9 Å². The Balaban J connectivity index is 2.09. The SMILES string of the molecule is CN(Cc1ccc(Cl)cc1)c1ccc(C#N)nc1. The average Bonchev–Trinajstić information content (AvgIpc) is 2.41. The van der Waals surface area contributed by atoms with Gasteiger partial charge in [0.1, 0.15) is 11.8 Å². The lowest BCUT2D eigenvalue weighted by atomic mass is 10.2. The first kappa shape index (κ1) is 12.4. The molecule has 0 aliphatic heterocycles. The van der Waals surface area contributed by atoms with E-state index in [4.69, 9.17) is 16.9 Å². The van der Waals surface area contributed by atoms with Gasteiger partial charge in [-0.15, -0.1) is 0 Å². The molecule has 90 valence electrons. The molecule has 2 rings (SSSR count). The van der Waals surface area contributed by atoms with Crippen LogP contribution in [0.1, 0.15) is 11.3 Å². The molecule has 4 heteroatoms. The van der Waals surface area contributed by atoms with Crippen molar-refractivity contribution in [2.45, 2.75) is 6.54 Å². The molecular formula is C14H12ClN3. The van der Waals surface area contributed by atoms with Gasteiger partial charge in [0, 0.05) is 18.6 Å². The molecule has 0 saturated carbocycles. The van der Waals surface area contributed by atoms with Gasteiger partial charge in [0.15, 0.2) is 0 Å². The smallest absolute Gasteiger partial charge is 0.140 e. The first-order valence-electron chi connectivity index (χ1n) is 5.51. The largest absolute Gasteiger partial charge is 0.369 e. The summed E-state index contributed by atoms with van der Waals surface area (Å²) in [6.07, 6.45) is 1.70. The molecule has 0 fully saturated rings. The lowest BCUT2D eigenvalue weighted by molar-refractivity contribution is 0.917. The molecule has 18 heavy (non-hydrogen) atoms. The summed E-state index contributed by atoms with van der Waals surface area (Å²) in [4.78, 5) is 6.12. The van der Waals surface area contributed by atoms with Crippen LogP contribution in [0.4, 0.5) is 5.69 Å². The summed E-state index contributed by atoms with van der Waals surface area (Å²) < 4.78 is 0. The van der Waals surface area contributed by atoms with E-state index in [1.807, 2.05) is 43.4 Å². The maximum Gasteiger partial charge on any atom is 0.140 e. The van der Waals surface area contributed by atoms with Gasteiger partial charge in [-0.05, 0) is 29.8 Å². The van der Waals surface area contributed by atoms with Crippen molar-refractivity contribution in [1.82, 2.24) is 4.98 Å². The molecule has 0 spiro atoms. The van der Waals surface area contributed by atoms with Crippen molar-refractivity contribution in [2.24, 2.45) is 0 Å². The molecule has 2 aromatic rings. The van der Waals surface area contributed by atoms with Crippen LogP contribution in [-0.2, 0) is 6.54 Å². The fourth-order valence-corrected chi connectivity index (χ4v) is 1.76. The summed E-state index contributed by atoms with van der Waals surface area (Å²) in [5.74, 6) is 0. The normalized spacial score (nSPS) is 9.83. The van der Waals surface area contributed by atoms with Crippen molar-refractivity contribution < 1.29 is 0 Å². The lowest BCUT2D eigenvalue weighted by Gasteiger charge is -2.18. The van der Waals surface area contributed by atoms with E-state index in [-0.39, 0.29) is 0 Å². The second kappa shape index (κ2) is 5.52. The highest BCUT2D eigenvalue weighted by Gasteiger charge is 2.03. The van der Waals surface area contributed by atoms with Gasteiger partial charge in [-0.3, -0.25) is 0 Å². The summed E-state index contributed by atoms with van der Waals surface area (Å²) in [7, 11) is 1.98. The van der Waals surface area contributed by atoms with Crippen LogP contribution in [-0.4, -0.2) is 12.0 Å². The molecule has 3 nitrogen and oxygen atoms in total. The van der Waals surface area contributed by atoms with Crippen molar-refractivity contribution in [2.75, 3.05) is 11.9 Å². The second-order valence-corrected chi connectivity index (χ2v) is 4.43. The summed E-state index contributed by atoms with van der Waals surface area (Å²) in [5, 5.41) is 9.43. The minimum absolute atomic E-state index is 0.429. The van der Waals surface area contributed by atoms with Gasteiger partial charge in [0.2, 0.25) is 0 Å². The van der Waals surface area contributed by atoms with Crippen LogP contribution in [0.5, 0.6) is 0 Å². The molecule has 0 bridgehead atoms. The van der Waals surface area contributed by atoms with Crippen LogP contribution in [0.3, 0.4) is 0 Å². The van der Waals surface area contributed by atoms with Crippen molar-refractivity contribution in [3.63, 3.8) is 0 Å². The number of benzene rings is 1. The van der Waals surface area contributed by atoms with Crippen LogP contribution >= 0.6 is 11.6 Å². The first-order chi connectivity index (χ1) is 8.69. The predicted octanol–water partition coefficient (Wildman–Crippen LogP) is 3.24. The van der Waals surface area contributed by atoms with Crippen LogP contribution in [0, 0.1) is 11.3 Å². The summed E-state index contributed by atoms with van der Waals surface area (Å²) >= 11 is 5.84. The lowest BCUT2D eigenvalue weighted by Crippen LogP contribution is -2.16. The molecule has 0 amide bonds. The minimum atomic E-state index is 0.429. The highest BCUT2D eigenvalue weighted by atomic mass is 35.5. The van der Waals surface area contributed by atoms with E-state index in [1.54, 1.807) is 12.3 Å². The number of hydrogen-bond acceptors (Lipinski definition) is 3. The molecule has 0 atom stereocenters. The first-order valence-corrected chi connectivity index (χ1v) is 5.88. The fraction of sp³-hybridized carbons (Fsp3) is 0.143. The monoisotopic (exact) mass is 257 g/mol. The van der Waals surface area contributed by atoms with E-state index in [2.05, 4.69) is 9.88 Å². The summed E-state index contributed by atoms with van der Waals surface area (Å²) in [6.45, 7) is 0.769. The quantitative estimate of drug-likeness (QED) is 0.847. The standard InChI is InChI=1S/C14H12ClN3/c1-18(10-11-2-4-12(15)5-3-11)14-7-6-13(8-16)17-9-14/h2-7,9H,10H2,1H3. The van der Waals surface area contributed by atoms with Gasteiger partial charge >= 0.3 is 0 Å². The van der Waals surface area contributed by atoms with Crippen LogP contribution in [0.2, 0.25) is 5.02 Å². The van der Waals surface area contributed by atoms with E-state index in [1.165, 1.54) is 5.56 Å². The topological polar surface area (TPSA) is 39.9 Å². The average molecular weight is 258 g/mol. The zero-order valence-corrected chi connectivity index (χ0v) is 10.7. The molecule has 1 heterocycles. The molecule has 0 aliphatic carbocycles. The second-order valence-electron chi connectivity index (χ2n) is 4.00. The maximum absolute atomic E-state index is 8.69. The number of halogens is 1. The van der Waals surface area contributed by atoms with Gasteiger partial charge in [0.25, 0.3) is 0 Å². The minimum Gasteiger partial charge on any atom is -0.369 e. The molecule has 0 N–H and O–H groups in total. The molecule has 0 saturated heterocycles. The summed E-state index contributed by atoms with van der Waals surface area (Å²) in [6, 6.07) is 13.4. The Kier molecular flexibility index (Phi) is 3.81. The highest BCUT2D eigenvalue weighted by molar-refractivity contribution is 6.30. The number of hydrogen-bond donors (Lipinski definition) is 0. The Bertz CT molecular complexity index is 555. The number of anilines is 1. The van der Waals surface area contributed by atoms with Gasteiger partial charge in [-0.2, -0.15) is 5.26 Å². The van der Waals surface area contributed by atoms with E-state index < -0.39 is 0 Å². The van der Waals surface area contributed by atoms with Crippen molar-refractivity contribution >= 4 is 17.3 Å². The molecule has 0 unspecified atom stereocenters. The van der Waals surface area contributed by atoms with E-state index in [0.29, 0.717) is 5.69 Å². The number of pyridine rings is 1. The maximum atomic E-state index is 8.69. The number of rotatable bonds is 3. The third-order valence-corrected chi connectivity index (χ3v) is 2.89. The Morgan fingerprint density at radius 2 is 1.94 bits per heavy atom. The van der Waals surface area contributed by atoms with Crippen molar-refractivity contribution in [1.29, 1.82) is 5.26 Å². The van der Waals surface area contributed by atoms with Gasteiger partial charge in [-0.25, -0.2) is 4.98 Å². The predicted molar refractivity (Wildman–Crippen MR) is 72.5 cm³/mol. The van der Waals surface area contributed by atoms with Crippen LogP contribution < -0.4 is 4.90 Å². The fourth-order valence-electron chi connectivity index (χ4n) is 1.63. The van der Waals surface area contributed by atoms with Gasteiger partial charge < -0.3 is 4.90 Å². The van der Waals surface area contributed by atoms with Crippen LogP contribution in [0.25, 0.3) is 0 Å². The Morgan fingerprint density at radius 1 is 1.22 bits per heavy atom. The third kappa shape index (κ3) is 2.99. The Labute approximate surface area is 111 Å². The van der Waals surface area contributed by atoms with Crippen molar-refractivity contribution in [3.8, 4) is 6.07 Å². The molecule has 1 aromatic carbocycles. The zero-order chi connectivity index (χ0) is 13.0. The number of aromatic nitrogens is 1.